The van der Waals surface area contributed by atoms with Gasteiger partial charge in [-0.15, -0.1) is 0 Å². The van der Waals surface area contributed by atoms with Crippen LogP contribution in [0.25, 0.3) is 0 Å². The second kappa shape index (κ2) is 8.03. The summed E-state index contributed by atoms with van der Waals surface area (Å²) in [6, 6.07) is 6.45. The van der Waals surface area contributed by atoms with Gasteiger partial charge in [0, 0.05) is 38.9 Å². The summed E-state index contributed by atoms with van der Waals surface area (Å²) >= 11 is 0. The van der Waals surface area contributed by atoms with Crippen molar-refractivity contribution in [3.63, 3.8) is 0 Å². The van der Waals surface area contributed by atoms with Crippen LogP contribution in [0, 0.1) is 5.92 Å². The van der Waals surface area contributed by atoms with Gasteiger partial charge in [0.15, 0.2) is 0 Å². The van der Waals surface area contributed by atoms with E-state index in [0.717, 1.165) is 19.4 Å². The summed E-state index contributed by atoms with van der Waals surface area (Å²) in [6.07, 6.45) is 3.75. The lowest BCUT2D eigenvalue weighted by atomic mass is 9.98. The maximum Gasteiger partial charge on any atom is 0.220 e. The summed E-state index contributed by atoms with van der Waals surface area (Å²) in [5.74, 6) is 0.374. The number of methoxy groups -OCH3 is 1. The maximum atomic E-state index is 11.8. The number of rotatable bonds is 7. The van der Waals surface area contributed by atoms with Crippen molar-refractivity contribution in [1.29, 1.82) is 0 Å². The van der Waals surface area contributed by atoms with Crippen LogP contribution in [0.3, 0.4) is 0 Å². The van der Waals surface area contributed by atoms with Crippen LogP contribution in [-0.2, 0) is 22.4 Å². The predicted molar refractivity (Wildman–Crippen MR) is 85.6 cm³/mol. The van der Waals surface area contributed by atoms with Crippen LogP contribution in [0.15, 0.2) is 18.2 Å². The zero-order valence-electron chi connectivity index (χ0n) is 13.1. The summed E-state index contributed by atoms with van der Waals surface area (Å²) in [4.78, 5) is 11.8. The first-order valence-electron chi connectivity index (χ1n) is 7.81. The third-order valence-corrected chi connectivity index (χ3v) is 3.86. The lowest BCUT2D eigenvalue weighted by molar-refractivity contribution is -0.122. The fraction of sp³-hybridized carbons (Fsp3) is 0.588. The van der Waals surface area contributed by atoms with Crippen LogP contribution in [0.4, 0.5) is 5.69 Å². The molecule has 0 aliphatic carbocycles. The number of ether oxygens (including phenoxy) is 1. The number of aryl methyl sites for hydroxylation is 1. The lowest BCUT2D eigenvalue weighted by Crippen LogP contribution is -2.28. The first-order chi connectivity index (χ1) is 10.2. The minimum Gasteiger partial charge on any atom is -0.385 e. The van der Waals surface area contributed by atoms with E-state index in [2.05, 4.69) is 28.8 Å². The molecule has 116 valence electrons. The molecule has 1 aromatic rings. The van der Waals surface area contributed by atoms with Gasteiger partial charge in [-0.05, 0) is 36.3 Å². The Labute approximate surface area is 127 Å². The highest BCUT2D eigenvalue weighted by molar-refractivity contribution is 5.76. The number of anilines is 1. The molecule has 0 bridgehead atoms. The molecule has 4 nitrogen and oxygen atoms in total. The standard InChI is InChI=1S/C17H26N2O2/c1-13(12-21-2)11-16(20)18-10-8-15-6-3-5-14-7-4-9-19-17(14)15/h3,5-6,13,19H,4,7-12H2,1-2H3,(H,18,20). The van der Waals surface area contributed by atoms with Crippen LogP contribution in [0.5, 0.6) is 0 Å². The number of hydrogen-bond acceptors (Lipinski definition) is 3. The van der Waals surface area contributed by atoms with E-state index in [1.165, 1.54) is 23.2 Å². The summed E-state index contributed by atoms with van der Waals surface area (Å²) in [5, 5.41) is 6.49. The normalized spacial score (nSPS) is 15.0. The van der Waals surface area contributed by atoms with E-state index >= 15 is 0 Å². The molecule has 1 amide bonds. The van der Waals surface area contributed by atoms with E-state index in [4.69, 9.17) is 4.74 Å². The largest absolute Gasteiger partial charge is 0.385 e. The minimum atomic E-state index is 0.109. The minimum absolute atomic E-state index is 0.109. The molecule has 0 saturated carbocycles. The van der Waals surface area contributed by atoms with Gasteiger partial charge in [0.25, 0.3) is 0 Å². The van der Waals surface area contributed by atoms with Gasteiger partial charge < -0.3 is 15.4 Å². The Hall–Kier alpha value is -1.55. The molecule has 21 heavy (non-hydrogen) atoms. The van der Waals surface area contributed by atoms with Gasteiger partial charge in [0.2, 0.25) is 5.91 Å². The van der Waals surface area contributed by atoms with Gasteiger partial charge in [-0.25, -0.2) is 0 Å². The number of para-hydroxylation sites is 1. The molecule has 1 aliphatic rings. The first-order valence-corrected chi connectivity index (χ1v) is 7.81. The Morgan fingerprint density at radius 1 is 1.48 bits per heavy atom. The quantitative estimate of drug-likeness (QED) is 0.810. The molecule has 0 fully saturated rings. The van der Waals surface area contributed by atoms with Gasteiger partial charge in [0.1, 0.15) is 0 Å². The fourth-order valence-corrected chi connectivity index (χ4v) is 2.86. The number of benzene rings is 1. The molecule has 1 unspecified atom stereocenters. The summed E-state index contributed by atoms with van der Waals surface area (Å²) in [7, 11) is 1.67. The molecule has 0 aromatic heterocycles. The number of hydrogen-bond donors (Lipinski definition) is 2. The second-order valence-corrected chi connectivity index (χ2v) is 5.85. The molecule has 0 radical (unpaired) electrons. The summed E-state index contributed by atoms with van der Waals surface area (Å²) in [5.41, 5.74) is 3.99. The Morgan fingerprint density at radius 3 is 3.14 bits per heavy atom. The van der Waals surface area contributed by atoms with Gasteiger partial charge >= 0.3 is 0 Å². The highest BCUT2D eigenvalue weighted by atomic mass is 16.5. The monoisotopic (exact) mass is 290 g/mol. The molecule has 0 saturated heterocycles. The van der Waals surface area contributed by atoms with E-state index in [1.54, 1.807) is 7.11 Å². The van der Waals surface area contributed by atoms with Gasteiger partial charge in [-0.1, -0.05) is 25.1 Å². The third-order valence-electron chi connectivity index (χ3n) is 3.86. The molecule has 1 atom stereocenters. The third kappa shape index (κ3) is 4.74. The van der Waals surface area contributed by atoms with Crippen molar-refractivity contribution in [2.75, 3.05) is 32.1 Å². The van der Waals surface area contributed by atoms with Crippen molar-refractivity contribution >= 4 is 11.6 Å². The average molecular weight is 290 g/mol. The van der Waals surface area contributed by atoms with Crippen molar-refractivity contribution in [3.05, 3.63) is 29.3 Å². The van der Waals surface area contributed by atoms with Crippen molar-refractivity contribution in [2.24, 2.45) is 5.92 Å². The van der Waals surface area contributed by atoms with Crippen molar-refractivity contribution in [1.82, 2.24) is 5.32 Å². The molecule has 1 aromatic carbocycles. The van der Waals surface area contributed by atoms with Crippen LogP contribution in [0.2, 0.25) is 0 Å². The number of carbonyl (C=O) groups is 1. The van der Waals surface area contributed by atoms with Crippen molar-refractivity contribution in [3.8, 4) is 0 Å². The molecule has 1 heterocycles. The van der Waals surface area contributed by atoms with Crippen molar-refractivity contribution in [2.45, 2.75) is 32.6 Å². The van der Waals surface area contributed by atoms with Crippen LogP contribution in [0.1, 0.15) is 30.9 Å². The topological polar surface area (TPSA) is 50.4 Å². The zero-order chi connectivity index (χ0) is 15.1. The van der Waals surface area contributed by atoms with Crippen LogP contribution < -0.4 is 10.6 Å². The van der Waals surface area contributed by atoms with E-state index in [1.807, 2.05) is 6.92 Å². The smallest absolute Gasteiger partial charge is 0.220 e. The first kappa shape index (κ1) is 15.8. The van der Waals surface area contributed by atoms with Gasteiger partial charge in [-0.3, -0.25) is 4.79 Å². The molecule has 0 spiro atoms. The van der Waals surface area contributed by atoms with E-state index in [0.29, 0.717) is 19.6 Å². The fourth-order valence-electron chi connectivity index (χ4n) is 2.86. The molecular formula is C17H26N2O2. The molecule has 4 heteroatoms. The Morgan fingerprint density at radius 2 is 2.33 bits per heavy atom. The maximum absolute atomic E-state index is 11.8. The summed E-state index contributed by atoms with van der Waals surface area (Å²) in [6.45, 7) is 4.39. The average Bonchev–Trinajstić information content (AvgIpc) is 2.47. The van der Waals surface area contributed by atoms with Crippen LogP contribution >= 0.6 is 0 Å². The SMILES string of the molecule is COCC(C)CC(=O)NCCc1cccc2c1NCCC2. The summed E-state index contributed by atoms with van der Waals surface area (Å²) < 4.78 is 5.05. The molecule has 2 N–H and O–H groups in total. The predicted octanol–water partition coefficient (Wildman–Crippen LogP) is 2.38. The molecule has 2 rings (SSSR count). The Balaban J connectivity index is 1.80. The van der Waals surface area contributed by atoms with Gasteiger partial charge in [0.05, 0.1) is 0 Å². The highest BCUT2D eigenvalue weighted by Crippen LogP contribution is 2.26. The Bertz CT molecular complexity index is 474. The van der Waals surface area contributed by atoms with Crippen molar-refractivity contribution < 1.29 is 9.53 Å². The highest BCUT2D eigenvalue weighted by Gasteiger charge is 2.13. The lowest BCUT2D eigenvalue weighted by Gasteiger charge is -2.21. The van der Waals surface area contributed by atoms with Gasteiger partial charge in [-0.2, -0.15) is 0 Å². The van der Waals surface area contributed by atoms with E-state index in [-0.39, 0.29) is 11.8 Å². The number of carbonyl (C=O) groups excluding carboxylic acids is 1. The zero-order valence-corrected chi connectivity index (χ0v) is 13.1. The van der Waals surface area contributed by atoms with E-state index in [9.17, 15) is 4.79 Å². The second-order valence-electron chi connectivity index (χ2n) is 5.85. The van der Waals surface area contributed by atoms with Crippen LogP contribution in [-0.4, -0.2) is 32.7 Å². The van der Waals surface area contributed by atoms with E-state index < -0.39 is 0 Å². The number of nitrogens with one attached hydrogen (secondary N) is 2. The Kier molecular flexibility index (Phi) is 6.05. The number of amides is 1. The number of fused-ring (bicyclic) bond motifs is 1. The molecule has 1 aliphatic heterocycles. The molecular weight excluding hydrogens is 264 g/mol.